The van der Waals surface area contributed by atoms with Crippen molar-refractivity contribution in [2.24, 2.45) is 5.92 Å². The lowest BCUT2D eigenvalue weighted by atomic mass is 9.75. The van der Waals surface area contributed by atoms with Crippen LogP contribution in [0.5, 0.6) is 11.5 Å². The van der Waals surface area contributed by atoms with Crippen LogP contribution in [0, 0.1) is 11.7 Å². The number of amides is 1. The molecule has 3 atom stereocenters. The summed E-state index contributed by atoms with van der Waals surface area (Å²) in [6.45, 7) is 4.48. The maximum Gasteiger partial charge on any atom is 0.264 e. The highest BCUT2D eigenvalue weighted by molar-refractivity contribution is 7.90. The van der Waals surface area contributed by atoms with Crippen molar-refractivity contribution >= 4 is 15.9 Å². The molecule has 9 heteroatoms. The summed E-state index contributed by atoms with van der Waals surface area (Å²) in [5, 5.41) is 0. The minimum Gasteiger partial charge on any atom is -0.489 e. The van der Waals surface area contributed by atoms with E-state index in [1.165, 1.54) is 0 Å². The van der Waals surface area contributed by atoms with E-state index in [9.17, 15) is 17.6 Å². The molecule has 5 rings (SSSR count). The highest BCUT2D eigenvalue weighted by Crippen LogP contribution is 2.51. The van der Waals surface area contributed by atoms with Crippen molar-refractivity contribution in [3.05, 3.63) is 89.7 Å². The number of ether oxygens (including phenoxy) is 3. The number of carbonyl (C=O) groups excluding carboxylic acids is 1. The normalized spacial score (nSPS) is 21.9. The lowest BCUT2D eigenvalue weighted by Gasteiger charge is -2.48. The molecule has 0 aromatic heterocycles. The number of rotatable bonds is 7. The van der Waals surface area contributed by atoms with Gasteiger partial charge in [0.15, 0.2) is 0 Å². The lowest BCUT2D eigenvalue weighted by Crippen LogP contribution is -2.49. The second kappa shape index (κ2) is 10.4. The molecule has 1 saturated heterocycles. The Morgan fingerprint density at radius 1 is 1.05 bits per heavy atom. The standard InChI is InChI=1S/C29H30FNO6S/c1-29(2)25-14-10-22(17-27(32)31-38(33,34)23-12-8-20(30)9-13-23)36-28(25)24-16-21(11-15-26(24)37-29)35-18-19-6-4-3-5-7-19/h3-9,11-13,15-16,22,25,28H,10,14,17-18H2,1-2H3,(H,31,32)/t22-,25+,28-/m0/s1. The van der Waals surface area contributed by atoms with Gasteiger partial charge in [0.1, 0.15) is 29.5 Å². The highest BCUT2D eigenvalue weighted by atomic mass is 32.2. The molecule has 38 heavy (non-hydrogen) atoms. The van der Waals surface area contributed by atoms with Crippen LogP contribution in [0.3, 0.4) is 0 Å². The number of halogens is 1. The first-order valence-electron chi connectivity index (χ1n) is 12.6. The minimum absolute atomic E-state index is 0.0432. The van der Waals surface area contributed by atoms with Gasteiger partial charge in [-0.25, -0.2) is 17.5 Å². The van der Waals surface area contributed by atoms with E-state index in [2.05, 4.69) is 4.72 Å². The molecule has 0 saturated carbocycles. The van der Waals surface area contributed by atoms with E-state index in [1.807, 2.05) is 62.4 Å². The van der Waals surface area contributed by atoms with Crippen molar-refractivity contribution < 1.29 is 31.8 Å². The van der Waals surface area contributed by atoms with Crippen LogP contribution in [0.15, 0.2) is 77.7 Å². The number of sulfonamides is 1. The molecule has 0 unspecified atom stereocenters. The van der Waals surface area contributed by atoms with Crippen LogP contribution in [0.1, 0.15) is 50.3 Å². The molecule has 2 aliphatic heterocycles. The number of hydrogen-bond acceptors (Lipinski definition) is 6. The maximum atomic E-state index is 13.2. The van der Waals surface area contributed by atoms with Gasteiger partial charge in [-0.1, -0.05) is 30.3 Å². The Labute approximate surface area is 222 Å². The summed E-state index contributed by atoms with van der Waals surface area (Å²) < 4.78 is 59.1. The summed E-state index contributed by atoms with van der Waals surface area (Å²) in [4.78, 5) is 12.5. The van der Waals surface area contributed by atoms with E-state index in [-0.39, 0.29) is 23.3 Å². The fourth-order valence-corrected chi connectivity index (χ4v) is 6.14. The Kier molecular flexibility index (Phi) is 7.15. The van der Waals surface area contributed by atoms with Gasteiger partial charge >= 0.3 is 0 Å². The van der Waals surface area contributed by atoms with Crippen LogP contribution >= 0.6 is 0 Å². The van der Waals surface area contributed by atoms with Gasteiger partial charge in [-0.2, -0.15) is 0 Å². The predicted octanol–water partition coefficient (Wildman–Crippen LogP) is 5.31. The summed E-state index contributed by atoms with van der Waals surface area (Å²) in [5.74, 6) is 0.190. The van der Waals surface area contributed by atoms with Crippen LogP contribution < -0.4 is 14.2 Å². The summed E-state index contributed by atoms with van der Waals surface area (Å²) in [6.07, 6.45) is 0.390. The number of nitrogens with one attached hydrogen (secondary N) is 1. The average molecular weight is 540 g/mol. The molecule has 1 N–H and O–H groups in total. The summed E-state index contributed by atoms with van der Waals surface area (Å²) in [5.41, 5.74) is 1.42. The number of benzene rings is 3. The summed E-state index contributed by atoms with van der Waals surface area (Å²) in [7, 11) is -4.11. The molecule has 3 aromatic rings. The Hall–Kier alpha value is -3.43. The first-order chi connectivity index (χ1) is 18.1. The molecule has 0 bridgehead atoms. The zero-order chi connectivity index (χ0) is 26.9. The van der Waals surface area contributed by atoms with Crippen LogP contribution in [-0.4, -0.2) is 26.0 Å². The minimum atomic E-state index is -4.11. The molecule has 3 aromatic carbocycles. The molecule has 1 amide bonds. The summed E-state index contributed by atoms with van der Waals surface area (Å²) in [6, 6.07) is 19.8. The highest BCUT2D eigenvalue weighted by Gasteiger charge is 2.48. The predicted molar refractivity (Wildman–Crippen MR) is 139 cm³/mol. The third-order valence-electron chi connectivity index (χ3n) is 7.09. The zero-order valence-corrected chi connectivity index (χ0v) is 22.0. The Bertz CT molecular complexity index is 1410. The molecular formula is C29H30FNO6S. The second-order valence-electron chi connectivity index (χ2n) is 10.2. The van der Waals surface area contributed by atoms with Crippen LogP contribution in [-0.2, 0) is 26.2 Å². The van der Waals surface area contributed by atoms with E-state index in [0.29, 0.717) is 24.5 Å². The van der Waals surface area contributed by atoms with Gasteiger partial charge in [0.05, 0.1) is 23.5 Å². The first-order valence-corrected chi connectivity index (χ1v) is 14.1. The third kappa shape index (κ3) is 5.68. The molecule has 2 heterocycles. The van der Waals surface area contributed by atoms with Crippen molar-refractivity contribution in [3.63, 3.8) is 0 Å². The Morgan fingerprint density at radius 3 is 2.53 bits per heavy atom. The van der Waals surface area contributed by atoms with Crippen molar-refractivity contribution in [3.8, 4) is 11.5 Å². The van der Waals surface area contributed by atoms with Gasteiger partial charge in [0, 0.05) is 11.5 Å². The van der Waals surface area contributed by atoms with Crippen LogP contribution in [0.25, 0.3) is 0 Å². The number of carbonyl (C=O) groups is 1. The fourth-order valence-electron chi connectivity index (χ4n) is 5.14. The van der Waals surface area contributed by atoms with Gasteiger partial charge < -0.3 is 14.2 Å². The average Bonchev–Trinajstić information content (AvgIpc) is 2.88. The Morgan fingerprint density at radius 2 is 1.79 bits per heavy atom. The SMILES string of the molecule is CC1(C)Oc2ccc(OCc3ccccc3)cc2[C@@H]2O[C@H](CC(=O)NS(=O)(=O)c3ccc(F)cc3)CC[C@H]21. The zero-order valence-electron chi connectivity index (χ0n) is 21.2. The monoisotopic (exact) mass is 539 g/mol. The quantitative estimate of drug-likeness (QED) is 0.438. The number of fused-ring (bicyclic) bond motifs is 3. The molecular weight excluding hydrogens is 509 g/mol. The van der Waals surface area contributed by atoms with Crippen LogP contribution in [0.2, 0.25) is 0 Å². The third-order valence-corrected chi connectivity index (χ3v) is 8.48. The van der Waals surface area contributed by atoms with Crippen LogP contribution in [0.4, 0.5) is 4.39 Å². The Balaban J connectivity index is 1.29. The molecule has 0 radical (unpaired) electrons. The van der Waals surface area contributed by atoms with Crippen molar-refractivity contribution in [1.29, 1.82) is 0 Å². The topological polar surface area (TPSA) is 90.9 Å². The van der Waals surface area contributed by atoms with Crippen molar-refractivity contribution in [2.45, 2.75) is 62.4 Å². The van der Waals surface area contributed by atoms with Gasteiger partial charge in [0.25, 0.3) is 10.0 Å². The fraction of sp³-hybridized carbons (Fsp3) is 0.345. The first kappa shape index (κ1) is 26.2. The smallest absolute Gasteiger partial charge is 0.264 e. The van der Waals surface area contributed by atoms with E-state index in [4.69, 9.17) is 14.2 Å². The van der Waals surface area contributed by atoms with Crippen molar-refractivity contribution in [1.82, 2.24) is 4.72 Å². The van der Waals surface area contributed by atoms with Gasteiger partial charge in [-0.05, 0) is 74.7 Å². The molecule has 2 aliphatic rings. The lowest BCUT2D eigenvalue weighted by molar-refractivity contribution is -0.155. The molecule has 7 nitrogen and oxygen atoms in total. The van der Waals surface area contributed by atoms with Gasteiger partial charge in [-0.15, -0.1) is 0 Å². The largest absolute Gasteiger partial charge is 0.489 e. The molecule has 0 aliphatic carbocycles. The van der Waals surface area contributed by atoms with E-state index >= 15 is 0 Å². The van der Waals surface area contributed by atoms with Gasteiger partial charge in [-0.3, -0.25) is 4.79 Å². The van der Waals surface area contributed by atoms with Crippen molar-refractivity contribution in [2.75, 3.05) is 0 Å². The maximum absolute atomic E-state index is 13.2. The molecule has 200 valence electrons. The van der Waals surface area contributed by atoms with Gasteiger partial charge in [0.2, 0.25) is 5.91 Å². The second-order valence-corrected chi connectivity index (χ2v) is 11.9. The molecule has 0 spiro atoms. The number of hydrogen-bond donors (Lipinski definition) is 1. The van der Waals surface area contributed by atoms with E-state index < -0.39 is 33.5 Å². The molecule has 1 fully saturated rings. The van der Waals surface area contributed by atoms with E-state index in [0.717, 1.165) is 41.8 Å². The van der Waals surface area contributed by atoms with E-state index in [1.54, 1.807) is 0 Å². The summed E-state index contributed by atoms with van der Waals surface area (Å²) >= 11 is 0.